The average molecular weight is 399 g/mol. The molecule has 1 aliphatic rings. The Morgan fingerprint density at radius 1 is 0.966 bits per heavy atom. The van der Waals surface area contributed by atoms with E-state index in [0.29, 0.717) is 23.8 Å². The molecule has 6 nitrogen and oxygen atoms in total. The first-order valence-electron chi connectivity index (χ1n) is 9.61. The van der Waals surface area contributed by atoms with Gasteiger partial charge in [-0.05, 0) is 44.0 Å². The van der Waals surface area contributed by atoms with Crippen LogP contribution in [0.4, 0.5) is 0 Å². The Bertz CT molecular complexity index is 834. The summed E-state index contributed by atoms with van der Waals surface area (Å²) in [5.74, 6) is 1.43. The number of hydrogen-bond donors (Lipinski definition) is 0. The molecule has 2 aromatic rings. The summed E-state index contributed by atoms with van der Waals surface area (Å²) in [5, 5.41) is 0. The number of hydrogen-bond acceptors (Lipinski definition) is 6. The van der Waals surface area contributed by atoms with Crippen LogP contribution in [-0.4, -0.2) is 43.8 Å². The smallest absolute Gasteiger partial charge is 0.325 e. The van der Waals surface area contributed by atoms with E-state index in [4.69, 9.17) is 18.9 Å². The zero-order valence-electron chi connectivity index (χ0n) is 17.9. The van der Waals surface area contributed by atoms with Crippen LogP contribution >= 0.6 is 0 Å². The molecule has 0 amide bonds. The molecule has 0 saturated carbocycles. The monoisotopic (exact) mass is 399 g/mol. The molecule has 1 saturated heterocycles. The number of esters is 1. The van der Waals surface area contributed by atoms with Crippen molar-refractivity contribution in [3.63, 3.8) is 0 Å². The molecular weight excluding hydrogens is 370 g/mol. The topological polar surface area (TPSA) is 57.0 Å². The van der Waals surface area contributed by atoms with E-state index < -0.39 is 5.60 Å². The summed E-state index contributed by atoms with van der Waals surface area (Å²) in [6, 6.07) is 13.4. The van der Waals surface area contributed by atoms with Crippen LogP contribution in [0, 0.1) is 0 Å². The third-order valence-corrected chi connectivity index (χ3v) is 4.81. The standard InChI is InChI=1S/C23H29NO5/c1-23(2,3)29-22(25)20-19(24(20)14-15-10-8-7-9-11-15)16-12-17(26-4)21(28-6)18(13-16)27-5/h7-13,19-20H,14H2,1-6H3. The first kappa shape index (κ1) is 21.0. The van der Waals surface area contributed by atoms with Crippen LogP contribution in [-0.2, 0) is 16.1 Å². The van der Waals surface area contributed by atoms with Gasteiger partial charge in [-0.2, -0.15) is 0 Å². The van der Waals surface area contributed by atoms with Crippen molar-refractivity contribution in [3.8, 4) is 17.2 Å². The largest absolute Gasteiger partial charge is 0.493 e. The summed E-state index contributed by atoms with van der Waals surface area (Å²) in [6.07, 6.45) is 0. The summed E-state index contributed by atoms with van der Waals surface area (Å²) in [7, 11) is 4.74. The number of nitrogens with zero attached hydrogens (tertiary/aromatic N) is 1. The van der Waals surface area contributed by atoms with Gasteiger partial charge in [0, 0.05) is 6.54 Å². The average Bonchev–Trinajstić information content (AvgIpc) is 3.40. The molecule has 3 rings (SSSR count). The maximum atomic E-state index is 12.9. The van der Waals surface area contributed by atoms with E-state index in [0.717, 1.165) is 11.1 Å². The van der Waals surface area contributed by atoms with Crippen LogP contribution in [0.1, 0.15) is 37.9 Å². The molecule has 1 heterocycles. The molecule has 0 aromatic heterocycles. The van der Waals surface area contributed by atoms with Gasteiger partial charge in [-0.1, -0.05) is 30.3 Å². The minimum atomic E-state index is -0.544. The second-order valence-electron chi connectivity index (χ2n) is 8.04. The van der Waals surface area contributed by atoms with Crippen molar-refractivity contribution >= 4 is 5.97 Å². The molecule has 0 N–H and O–H groups in total. The van der Waals surface area contributed by atoms with Gasteiger partial charge in [0.25, 0.3) is 0 Å². The molecule has 2 aromatic carbocycles. The van der Waals surface area contributed by atoms with E-state index in [2.05, 4.69) is 17.0 Å². The Morgan fingerprint density at radius 2 is 1.55 bits per heavy atom. The van der Waals surface area contributed by atoms with Gasteiger partial charge in [-0.3, -0.25) is 9.69 Å². The van der Waals surface area contributed by atoms with E-state index in [-0.39, 0.29) is 18.1 Å². The van der Waals surface area contributed by atoms with E-state index in [9.17, 15) is 4.79 Å². The van der Waals surface area contributed by atoms with E-state index in [1.807, 2.05) is 51.1 Å². The lowest BCUT2D eigenvalue weighted by Crippen LogP contribution is -2.28. The van der Waals surface area contributed by atoms with Crippen LogP contribution in [0.15, 0.2) is 42.5 Å². The number of carbonyl (C=O) groups is 1. The molecule has 0 radical (unpaired) electrons. The van der Waals surface area contributed by atoms with Crippen molar-refractivity contribution in [2.45, 2.75) is 45.0 Å². The fourth-order valence-corrected chi connectivity index (χ4v) is 3.54. The van der Waals surface area contributed by atoms with Crippen molar-refractivity contribution in [1.29, 1.82) is 0 Å². The summed E-state index contributed by atoms with van der Waals surface area (Å²) >= 11 is 0. The minimum absolute atomic E-state index is 0.126. The van der Waals surface area contributed by atoms with Crippen molar-refractivity contribution in [2.75, 3.05) is 21.3 Å². The number of methoxy groups -OCH3 is 3. The van der Waals surface area contributed by atoms with E-state index in [1.54, 1.807) is 21.3 Å². The molecule has 0 aliphatic carbocycles. The Labute approximate surface area is 172 Å². The van der Waals surface area contributed by atoms with Gasteiger partial charge in [0.05, 0.1) is 27.4 Å². The van der Waals surface area contributed by atoms with Crippen molar-refractivity contribution in [2.24, 2.45) is 0 Å². The molecule has 1 fully saturated rings. The fraction of sp³-hybridized carbons (Fsp3) is 0.435. The van der Waals surface area contributed by atoms with Gasteiger partial charge in [0.2, 0.25) is 5.75 Å². The molecule has 29 heavy (non-hydrogen) atoms. The third kappa shape index (κ3) is 4.65. The summed E-state index contributed by atoms with van der Waals surface area (Å²) in [6.45, 7) is 6.28. The third-order valence-electron chi connectivity index (χ3n) is 4.81. The van der Waals surface area contributed by atoms with Crippen molar-refractivity contribution in [3.05, 3.63) is 53.6 Å². The van der Waals surface area contributed by atoms with Crippen LogP contribution < -0.4 is 14.2 Å². The molecule has 6 heteroatoms. The number of ether oxygens (including phenoxy) is 4. The van der Waals surface area contributed by atoms with Crippen LogP contribution in [0.2, 0.25) is 0 Å². The minimum Gasteiger partial charge on any atom is -0.493 e. The zero-order valence-corrected chi connectivity index (χ0v) is 17.9. The molecule has 3 unspecified atom stereocenters. The molecule has 3 atom stereocenters. The number of rotatable bonds is 7. The number of benzene rings is 2. The van der Waals surface area contributed by atoms with E-state index >= 15 is 0 Å². The van der Waals surface area contributed by atoms with Crippen molar-refractivity contribution < 1.29 is 23.7 Å². The molecule has 1 aliphatic heterocycles. The lowest BCUT2D eigenvalue weighted by atomic mass is 10.1. The predicted octanol–water partition coefficient (Wildman–Crippen LogP) is 3.98. The van der Waals surface area contributed by atoms with Gasteiger partial charge in [0.15, 0.2) is 11.5 Å². The van der Waals surface area contributed by atoms with Gasteiger partial charge >= 0.3 is 5.97 Å². The maximum absolute atomic E-state index is 12.9. The van der Waals surface area contributed by atoms with Crippen LogP contribution in [0.3, 0.4) is 0 Å². The van der Waals surface area contributed by atoms with Gasteiger partial charge in [-0.25, -0.2) is 0 Å². The normalized spacial score (nSPS) is 20.7. The molecular formula is C23H29NO5. The Hall–Kier alpha value is -2.73. The van der Waals surface area contributed by atoms with Gasteiger partial charge < -0.3 is 18.9 Å². The highest BCUT2D eigenvalue weighted by Crippen LogP contribution is 2.49. The quantitative estimate of drug-likeness (QED) is 0.519. The summed E-state index contributed by atoms with van der Waals surface area (Å²) < 4.78 is 22.1. The molecule has 0 bridgehead atoms. The molecule has 156 valence electrons. The Kier molecular flexibility index (Phi) is 6.03. The maximum Gasteiger partial charge on any atom is 0.325 e. The second-order valence-corrected chi connectivity index (χ2v) is 8.04. The molecule has 0 spiro atoms. The van der Waals surface area contributed by atoms with Crippen LogP contribution in [0.25, 0.3) is 0 Å². The summed E-state index contributed by atoms with van der Waals surface area (Å²) in [4.78, 5) is 15.0. The first-order valence-corrected chi connectivity index (χ1v) is 9.61. The zero-order chi connectivity index (χ0) is 21.2. The highest BCUT2D eigenvalue weighted by atomic mass is 16.6. The second kappa shape index (κ2) is 8.33. The highest BCUT2D eigenvalue weighted by molar-refractivity contribution is 5.81. The van der Waals surface area contributed by atoms with E-state index in [1.165, 1.54) is 0 Å². The summed E-state index contributed by atoms with van der Waals surface area (Å²) in [5.41, 5.74) is 1.51. The Balaban J connectivity index is 1.94. The fourth-order valence-electron chi connectivity index (χ4n) is 3.54. The van der Waals surface area contributed by atoms with Gasteiger partial charge in [0.1, 0.15) is 11.6 Å². The first-order chi connectivity index (χ1) is 13.8. The van der Waals surface area contributed by atoms with Crippen LogP contribution in [0.5, 0.6) is 17.2 Å². The lowest BCUT2D eigenvalue weighted by molar-refractivity contribution is -0.155. The highest BCUT2D eigenvalue weighted by Gasteiger charge is 2.55. The van der Waals surface area contributed by atoms with Crippen molar-refractivity contribution in [1.82, 2.24) is 4.90 Å². The lowest BCUT2D eigenvalue weighted by Gasteiger charge is -2.19. The predicted molar refractivity (Wildman–Crippen MR) is 110 cm³/mol. The Morgan fingerprint density at radius 3 is 2.03 bits per heavy atom. The SMILES string of the molecule is COc1cc(C2C(C(=O)OC(C)(C)C)N2Cc2ccccc2)cc(OC)c1OC. The number of carbonyl (C=O) groups excluding carboxylic acids is 1. The van der Waals surface area contributed by atoms with Gasteiger partial charge in [-0.15, -0.1) is 0 Å².